The summed E-state index contributed by atoms with van der Waals surface area (Å²) in [5.74, 6) is 0.336. The zero-order valence-electron chi connectivity index (χ0n) is 11.7. The quantitative estimate of drug-likeness (QED) is 0.579. The first-order valence-electron chi connectivity index (χ1n) is 7.22. The maximum absolute atomic E-state index is 12.8. The molecule has 3 nitrogen and oxygen atoms in total. The van der Waals surface area contributed by atoms with Crippen molar-refractivity contribution in [2.75, 3.05) is 4.90 Å². The third-order valence-corrected chi connectivity index (χ3v) is 5.13. The molecule has 0 radical (unpaired) electrons. The summed E-state index contributed by atoms with van der Waals surface area (Å²) in [6.07, 6.45) is 5.24. The van der Waals surface area contributed by atoms with Crippen molar-refractivity contribution >= 4 is 17.5 Å². The molecule has 4 rings (SSSR count). The van der Waals surface area contributed by atoms with Crippen molar-refractivity contribution in [3.63, 3.8) is 0 Å². The number of hydrogen-bond donors (Lipinski definition) is 0. The summed E-state index contributed by atoms with van der Waals surface area (Å²) in [5, 5.41) is 0. The molecule has 0 spiro atoms. The maximum Gasteiger partial charge on any atom is 0.238 e. The van der Waals surface area contributed by atoms with E-state index in [9.17, 15) is 9.59 Å². The highest BCUT2D eigenvalue weighted by atomic mass is 16.2. The Hall–Kier alpha value is -1.90. The van der Waals surface area contributed by atoms with E-state index < -0.39 is 0 Å². The first-order chi connectivity index (χ1) is 9.59. The lowest BCUT2D eigenvalue weighted by Gasteiger charge is -2.21. The van der Waals surface area contributed by atoms with Gasteiger partial charge < -0.3 is 0 Å². The van der Waals surface area contributed by atoms with Crippen LogP contribution in [0.15, 0.2) is 30.4 Å². The largest absolute Gasteiger partial charge is 0.274 e. The van der Waals surface area contributed by atoms with E-state index in [0.717, 1.165) is 23.2 Å². The Labute approximate surface area is 118 Å². The second-order valence-corrected chi connectivity index (χ2v) is 6.25. The van der Waals surface area contributed by atoms with Crippen molar-refractivity contribution < 1.29 is 9.59 Å². The number of carbonyl (C=O) groups is 2. The smallest absolute Gasteiger partial charge is 0.238 e. The second-order valence-electron chi connectivity index (χ2n) is 6.25. The third kappa shape index (κ3) is 1.30. The van der Waals surface area contributed by atoms with Crippen molar-refractivity contribution in [1.29, 1.82) is 0 Å². The molecule has 0 aromatic heterocycles. The van der Waals surface area contributed by atoms with Crippen LogP contribution in [0.3, 0.4) is 0 Å². The van der Waals surface area contributed by atoms with E-state index in [0.29, 0.717) is 0 Å². The molecule has 3 aliphatic rings. The van der Waals surface area contributed by atoms with Crippen LogP contribution >= 0.6 is 0 Å². The molecular weight excluding hydrogens is 250 g/mol. The highest BCUT2D eigenvalue weighted by Gasteiger charge is 2.59. The van der Waals surface area contributed by atoms with Crippen molar-refractivity contribution in [3.05, 3.63) is 41.5 Å². The highest BCUT2D eigenvalue weighted by Crippen LogP contribution is 2.53. The van der Waals surface area contributed by atoms with Crippen LogP contribution in [0.25, 0.3) is 0 Å². The van der Waals surface area contributed by atoms with E-state index in [1.807, 2.05) is 32.0 Å². The topological polar surface area (TPSA) is 37.4 Å². The normalized spacial score (nSPS) is 34.2. The minimum absolute atomic E-state index is 0.00856. The predicted octanol–water partition coefficient (Wildman–Crippen LogP) is 2.61. The van der Waals surface area contributed by atoms with Gasteiger partial charge >= 0.3 is 0 Å². The zero-order valence-corrected chi connectivity index (χ0v) is 11.7. The molecule has 20 heavy (non-hydrogen) atoms. The van der Waals surface area contributed by atoms with E-state index in [4.69, 9.17) is 0 Å². The Kier molecular flexibility index (Phi) is 2.27. The summed E-state index contributed by atoms with van der Waals surface area (Å²) in [4.78, 5) is 27.0. The number of rotatable bonds is 1. The van der Waals surface area contributed by atoms with Crippen LogP contribution in [0.1, 0.15) is 17.5 Å². The van der Waals surface area contributed by atoms with Crippen molar-refractivity contribution in [1.82, 2.24) is 0 Å². The van der Waals surface area contributed by atoms with Crippen LogP contribution < -0.4 is 4.90 Å². The van der Waals surface area contributed by atoms with Gasteiger partial charge in [-0.3, -0.25) is 9.59 Å². The van der Waals surface area contributed by atoms with Gasteiger partial charge in [-0.25, -0.2) is 4.90 Å². The SMILES string of the molecule is Cc1cccc(C)c1N1C(=O)[C@@H]2[C@@H](C1=O)[C@@H]1C=C[C@@H]2C1. The molecule has 1 saturated heterocycles. The fourth-order valence-corrected chi connectivity index (χ4v) is 4.28. The van der Waals surface area contributed by atoms with Gasteiger partial charge in [0.15, 0.2) is 0 Å². The molecule has 102 valence electrons. The number of allylic oxidation sites excluding steroid dienone is 2. The van der Waals surface area contributed by atoms with E-state index in [1.54, 1.807) is 0 Å². The van der Waals surface area contributed by atoms with Crippen LogP contribution in [0.2, 0.25) is 0 Å². The molecule has 2 fully saturated rings. The highest BCUT2D eigenvalue weighted by molar-refractivity contribution is 6.23. The van der Waals surface area contributed by atoms with Gasteiger partial charge in [0.2, 0.25) is 11.8 Å². The number of nitrogens with zero attached hydrogens (tertiary/aromatic N) is 1. The molecule has 1 aromatic carbocycles. The van der Waals surface area contributed by atoms with Gasteiger partial charge in [-0.1, -0.05) is 30.4 Å². The van der Waals surface area contributed by atoms with Crippen LogP contribution in [0.4, 0.5) is 5.69 Å². The van der Waals surface area contributed by atoms with E-state index in [-0.39, 0.29) is 35.5 Å². The third-order valence-electron chi connectivity index (χ3n) is 5.13. The lowest BCUT2D eigenvalue weighted by molar-refractivity contribution is -0.123. The van der Waals surface area contributed by atoms with Crippen molar-refractivity contribution in [2.24, 2.45) is 23.7 Å². The average Bonchev–Trinajstić information content (AvgIpc) is 3.07. The van der Waals surface area contributed by atoms with Gasteiger partial charge in [0.1, 0.15) is 0 Å². The molecule has 1 aromatic rings. The molecule has 1 heterocycles. The Bertz CT molecular complexity index is 611. The van der Waals surface area contributed by atoms with Crippen molar-refractivity contribution in [2.45, 2.75) is 20.3 Å². The monoisotopic (exact) mass is 267 g/mol. The predicted molar refractivity (Wildman–Crippen MR) is 76.1 cm³/mol. The molecule has 0 unspecified atom stereocenters. The zero-order chi connectivity index (χ0) is 14.0. The summed E-state index contributed by atoms with van der Waals surface area (Å²) in [6, 6.07) is 5.89. The Balaban J connectivity index is 1.82. The fourth-order valence-electron chi connectivity index (χ4n) is 4.28. The number of carbonyl (C=O) groups excluding carboxylic acids is 2. The molecule has 0 N–H and O–H groups in total. The van der Waals surface area contributed by atoms with Gasteiger partial charge in [-0.15, -0.1) is 0 Å². The minimum Gasteiger partial charge on any atom is -0.274 e. The maximum atomic E-state index is 12.8. The fraction of sp³-hybridized carbons (Fsp3) is 0.412. The average molecular weight is 267 g/mol. The van der Waals surface area contributed by atoms with Crippen molar-refractivity contribution in [3.8, 4) is 0 Å². The van der Waals surface area contributed by atoms with Crippen LogP contribution in [0, 0.1) is 37.5 Å². The molecule has 4 atom stereocenters. The standard InChI is InChI=1S/C17H17NO2/c1-9-4-3-5-10(2)15(9)18-16(19)13-11-6-7-12(8-11)14(13)17(18)20/h3-7,11-14H,8H2,1-2H3/t11-,12-,13+,14+/m1/s1. The van der Waals surface area contributed by atoms with Gasteiger partial charge in [0.25, 0.3) is 0 Å². The molecular formula is C17H17NO2. The Morgan fingerprint density at radius 1 is 0.950 bits per heavy atom. The van der Waals surface area contributed by atoms with Crippen LogP contribution in [0.5, 0.6) is 0 Å². The summed E-state index contributed by atoms with van der Waals surface area (Å²) in [6.45, 7) is 3.92. The number of fused-ring (bicyclic) bond motifs is 5. The van der Waals surface area contributed by atoms with E-state index in [1.165, 1.54) is 4.90 Å². The van der Waals surface area contributed by atoms with Gasteiger partial charge in [-0.05, 0) is 43.2 Å². The first-order valence-corrected chi connectivity index (χ1v) is 7.22. The molecule has 2 bridgehead atoms. The molecule has 2 amide bonds. The number of anilines is 1. The second kappa shape index (κ2) is 3.81. The van der Waals surface area contributed by atoms with Gasteiger partial charge in [0.05, 0.1) is 17.5 Å². The first kappa shape index (κ1) is 11.9. The lowest BCUT2D eigenvalue weighted by atomic mass is 9.85. The summed E-state index contributed by atoms with van der Waals surface area (Å²) in [5.41, 5.74) is 2.79. The molecule has 1 saturated carbocycles. The molecule has 3 heteroatoms. The number of para-hydroxylation sites is 1. The van der Waals surface area contributed by atoms with Gasteiger partial charge in [-0.2, -0.15) is 0 Å². The van der Waals surface area contributed by atoms with Crippen LogP contribution in [-0.2, 0) is 9.59 Å². The van der Waals surface area contributed by atoms with E-state index >= 15 is 0 Å². The number of aryl methyl sites for hydroxylation is 2. The van der Waals surface area contributed by atoms with Crippen LogP contribution in [-0.4, -0.2) is 11.8 Å². The summed E-state index contributed by atoms with van der Waals surface area (Å²) < 4.78 is 0. The van der Waals surface area contributed by atoms with E-state index in [2.05, 4.69) is 12.2 Å². The molecule has 2 aliphatic carbocycles. The summed E-state index contributed by atoms with van der Waals surface area (Å²) >= 11 is 0. The number of amides is 2. The number of hydrogen-bond acceptors (Lipinski definition) is 2. The Morgan fingerprint density at radius 3 is 1.95 bits per heavy atom. The number of imide groups is 1. The Morgan fingerprint density at radius 2 is 1.45 bits per heavy atom. The number of benzene rings is 1. The van der Waals surface area contributed by atoms with Gasteiger partial charge in [0, 0.05) is 0 Å². The molecule has 1 aliphatic heterocycles. The summed E-state index contributed by atoms with van der Waals surface area (Å²) in [7, 11) is 0. The lowest BCUT2D eigenvalue weighted by Crippen LogP contribution is -2.34. The minimum atomic E-state index is -0.114.